The topological polar surface area (TPSA) is 124 Å². The van der Waals surface area contributed by atoms with Crippen LogP contribution in [0, 0.1) is 5.92 Å². The molecule has 1 heterocycles. The molecule has 2 aromatic carbocycles. The lowest BCUT2D eigenvalue weighted by molar-refractivity contribution is -0.139. The van der Waals surface area contributed by atoms with Crippen LogP contribution in [0.4, 0.5) is 11.4 Å². The van der Waals surface area contributed by atoms with Gasteiger partial charge < -0.3 is 10.0 Å². The number of anilines is 2. The Labute approximate surface area is 255 Å². The third-order valence-corrected chi connectivity index (χ3v) is 12.2. The van der Waals surface area contributed by atoms with E-state index in [1.807, 2.05) is 42.2 Å². The maximum Gasteiger partial charge on any atom is 0.321 e. The zero-order valence-corrected chi connectivity index (χ0v) is 26.7. The van der Waals surface area contributed by atoms with Crippen LogP contribution in [0.2, 0.25) is 5.02 Å². The fourth-order valence-electron chi connectivity index (χ4n) is 6.10. The number of aliphatic carboxylic acids is 1. The van der Waals surface area contributed by atoms with Gasteiger partial charge in [-0.3, -0.25) is 4.79 Å². The number of sulfonamides is 2. The predicted octanol–water partition coefficient (Wildman–Crippen LogP) is 5.56. The van der Waals surface area contributed by atoms with E-state index < -0.39 is 32.1 Å². The molecule has 1 fully saturated rings. The van der Waals surface area contributed by atoms with E-state index in [4.69, 9.17) is 11.6 Å². The van der Waals surface area contributed by atoms with E-state index in [9.17, 15) is 26.7 Å². The molecule has 0 saturated heterocycles. The van der Waals surface area contributed by atoms with Crippen molar-refractivity contribution in [2.75, 3.05) is 24.2 Å². The molecule has 1 aliphatic heterocycles. The summed E-state index contributed by atoms with van der Waals surface area (Å²) in [7, 11) is -6.07. The molecule has 232 valence electrons. The van der Waals surface area contributed by atoms with E-state index in [1.165, 1.54) is 10.4 Å². The highest BCUT2D eigenvalue weighted by Crippen LogP contribution is 2.42. The molecule has 0 bridgehead atoms. The average molecular weight is 640 g/mol. The molecule has 2 N–H and O–H groups in total. The van der Waals surface area contributed by atoms with Crippen LogP contribution in [-0.2, 0) is 31.3 Å². The van der Waals surface area contributed by atoms with Gasteiger partial charge in [-0.05, 0) is 67.9 Å². The van der Waals surface area contributed by atoms with E-state index in [0.717, 1.165) is 50.6 Å². The summed E-state index contributed by atoms with van der Waals surface area (Å²) in [5.41, 5.74) is 1.79. The van der Waals surface area contributed by atoms with Crippen molar-refractivity contribution in [2.24, 2.45) is 5.92 Å². The first-order valence-corrected chi connectivity index (χ1v) is 18.3. The third kappa shape index (κ3) is 7.66. The van der Waals surface area contributed by atoms with Crippen molar-refractivity contribution in [1.29, 1.82) is 0 Å². The zero-order chi connectivity index (χ0) is 30.5. The molecular weight excluding hydrogens is 598 g/mol. The van der Waals surface area contributed by atoms with Gasteiger partial charge in [-0.1, -0.05) is 68.8 Å². The van der Waals surface area contributed by atoms with Gasteiger partial charge in [-0.25, -0.2) is 21.6 Å². The van der Waals surface area contributed by atoms with Crippen LogP contribution in [0.3, 0.4) is 0 Å². The third-order valence-electron chi connectivity index (χ3n) is 8.51. The fourth-order valence-corrected chi connectivity index (χ4v) is 9.33. The van der Waals surface area contributed by atoms with Crippen molar-refractivity contribution in [1.82, 2.24) is 9.03 Å². The van der Waals surface area contributed by atoms with Gasteiger partial charge in [-0.2, -0.15) is 4.31 Å². The summed E-state index contributed by atoms with van der Waals surface area (Å²) < 4.78 is 57.1. The number of carboxylic acid groups (broad SMARTS) is 1. The molecule has 2 aromatic rings. The number of benzene rings is 2. The number of para-hydroxylation sites is 1. The lowest BCUT2D eigenvalue weighted by Gasteiger charge is -2.36. The number of nitrogens with zero attached hydrogens (tertiary/aromatic N) is 2. The Balaban J connectivity index is 1.68. The van der Waals surface area contributed by atoms with Gasteiger partial charge in [0, 0.05) is 30.3 Å². The highest BCUT2D eigenvalue weighted by atomic mass is 35.5. The van der Waals surface area contributed by atoms with E-state index in [1.54, 1.807) is 13.1 Å². The van der Waals surface area contributed by atoms with Crippen LogP contribution in [0.15, 0.2) is 47.4 Å². The average Bonchev–Trinajstić information content (AvgIpc) is 3.04. The van der Waals surface area contributed by atoms with Crippen molar-refractivity contribution in [3.8, 4) is 0 Å². The number of aryl methyl sites for hydroxylation is 1. The molecule has 1 unspecified atom stereocenters. The number of likely N-dealkylation sites (N-methyl/N-ethyl adjacent to an activating group) is 1. The van der Waals surface area contributed by atoms with Crippen LogP contribution in [0.5, 0.6) is 0 Å². The normalized spacial score (nSPS) is 20.5. The first-order chi connectivity index (χ1) is 19.9. The van der Waals surface area contributed by atoms with Gasteiger partial charge in [0.05, 0.1) is 11.4 Å². The maximum absolute atomic E-state index is 14.1. The van der Waals surface area contributed by atoms with Gasteiger partial charge in [0.15, 0.2) is 0 Å². The molecule has 0 amide bonds. The van der Waals surface area contributed by atoms with Crippen molar-refractivity contribution in [3.05, 3.63) is 53.1 Å². The first kappa shape index (κ1) is 32.7. The van der Waals surface area contributed by atoms with Crippen molar-refractivity contribution in [2.45, 2.75) is 88.1 Å². The van der Waals surface area contributed by atoms with Crippen LogP contribution < -0.4 is 9.62 Å². The number of hydrogen-bond acceptors (Lipinski definition) is 6. The molecule has 1 saturated carbocycles. The largest absolute Gasteiger partial charge is 0.480 e. The number of rotatable bonds is 12. The smallest absolute Gasteiger partial charge is 0.321 e. The Bertz CT molecular complexity index is 1450. The molecule has 2 aliphatic rings. The Kier molecular flexibility index (Phi) is 11.0. The Hall–Kier alpha value is -2.18. The fraction of sp³-hybridized carbons (Fsp3) is 0.567. The van der Waals surface area contributed by atoms with E-state index in [0.29, 0.717) is 29.2 Å². The van der Waals surface area contributed by atoms with Gasteiger partial charge in [0.2, 0.25) is 20.0 Å². The monoisotopic (exact) mass is 639 g/mol. The molecule has 0 radical (unpaired) electrons. The number of halogens is 1. The van der Waals surface area contributed by atoms with E-state index >= 15 is 0 Å². The van der Waals surface area contributed by atoms with Gasteiger partial charge >= 0.3 is 5.97 Å². The lowest BCUT2D eigenvalue weighted by Crippen LogP contribution is -2.46. The summed E-state index contributed by atoms with van der Waals surface area (Å²) in [4.78, 5) is 14.1. The van der Waals surface area contributed by atoms with Crippen LogP contribution in [-0.4, -0.2) is 63.6 Å². The Morgan fingerprint density at radius 1 is 1.12 bits per heavy atom. The highest BCUT2D eigenvalue weighted by Gasteiger charge is 2.41. The minimum Gasteiger partial charge on any atom is -0.480 e. The molecule has 9 nitrogen and oxygen atoms in total. The lowest BCUT2D eigenvalue weighted by atomic mass is 9.83. The Morgan fingerprint density at radius 3 is 2.45 bits per heavy atom. The van der Waals surface area contributed by atoms with Crippen molar-refractivity contribution < 1.29 is 26.7 Å². The quantitative estimate of drug-likeness (QED) is 0.292. The minimum atomic E-state index is -3.93. The number of fused-ring (bicyclic) bond motifs is 1. The summed E-state index contributed by atoms with van der Waals surface area (Å²) >= 11 is 6.74. The maximum atomic E-state index is 14.1. The van der Waals surface area contributed by atoms with E-state index in [-0.39, 0.29) is 35.4 Å². The minimum absolute atomic E-state index is 0.0795. The first-order valence-electron chi connectivity index (χ1n) is 14.8. The molecular formula is C30H42ClN3O6S2. The van der Waals surface area contributed by atoms with Gasteiger partial charge in [-0.15, -0.1) is 0 Å². The summed E-state index contributed by atoms with van der Waals surface area (Å²) in [5, 5.41) is 10.1. The van der Waals surface area contributed by atoms with Crippen LogP contribution in [0.1, 0.15) is 70.3 Å². The molecule has 2 atom stereocenters. The molecule has 4 rings (SSSR count). The summed E-state index contributed by atoms with van der Waals surface area (Å²) in [6.07, 6.45) is 7.28. The summed E-state index contributed by atoms with van der Waals surface area (Å²) in [5.74, 6) is -1.21. The predicted molar refractivity (Wildman–Crippen MR) is 166 cm³/mol. The van der Waals surface area contributed by atoms with E-state index in [2.05, 4.69) is 4.72 Å². The number of unbranched alkanes of at least 4 members (excludes halogenated alkanes) is 2. The number of hydrogen-bond donors (Lipinski definition) is 2. The standard InChI is InChI=1S/C30H42ClN3O6S2/c1-3-4-11-18-41(37,38)32-26(30(35)36)17-16-23-19-29-27(20-25(23)31)34(24-14-9-6-10-15-24)21-28(33(2)42(29,39)40)22-12-7-5-8-13-22/h6,9-10,14-15,19-20,22,26,28,32H,3-5,7-8,11-13,16-18,21H2,1-2H3,(H,35,36)/t26?,28-/m0/s1. The van der Waals surface area contributed by atoms with Gasteiger partial charge in [0.25, 0.3) is 0 Å². The van der Waals surface area contributed by atoms with Gasteiger partial charge in [0.1, 0.15) is 10.9 Å². The van der Waals surface area contributed by atoms with Crippen LogP contribution >= 0.6 is 11.6 Å². The van der Waals surface area contributed by atoms with Crippen molar-refractivity contribution >= 4 is 49.0 Å². The number of nitrogens with one attached hydrogen (secondary N) is 1. The molecule has 0 spiro atoms. The second kappa shape index (κ2) is 14.1. The van der Waals surface area contributed by atoms with Crippen molar-refractivity contribution in [3.63, 3.8) is 0 Å². The summed E-state index contributed by atoms with van der Waals surface area (Å²) in [6, 6.07) is 11.2. The molecule has 1 aliphatic carbocycles. The zero-order valence-electron chi connectivity index (χ0n) is 24.3. The second-order valence-electron chi connectivity index (χ2n) is 11.4. The SMILES string of the molecule is CCCCCS(=O)(=O)NC(CCc1cc2c(cc1Cl)N(c1ccccc1)C[C@@H](C1CCCCC1)N(C)S2(=O)=O)C(=O)O. The second-order valence-corrected chi connectivity index (χ2v) is 15.7. The number of carboxylic acids is 1. The van der Waals surface area contributed by atoms with Crippen LogP contribution in [0.25, 0.3) is 0 Å². The molecule has 0 aromatic heterocycles. The number of carbonyl (C=O) groups is 1. The molecule has 42 heavy (non-hydrogen) atoms. The Morgan fingerprint density at radius 2 is 1.81 bits per heavy atom. The highest BCUT2D eigenvalue weighted by molar-refractivity contribution is 7.89. The summed E-state index contributed by atoms with van der Waals surface area (Å²) in [6.45, 7) is 2.44. The molecule has 12 heteroatoms.